The summed E-state index contributed by atoms with van der Waals surface area (Å²) in [5.41, 5.74) is -0.882. The highest BCUT2D eigenvalue weighted by Crippen LogP contribution is 2.23. The Morgan fingerprint density at radius 2 is 2.17 bits per heavy atom. The normalized spacial score (nSPS) is 24.1. The number of aliphatic hydroxyl groups is 1. The lowest BCUT2D eigenvalue weighted by Crippen LogP contribution is -2.56. The predicted molar refractivity (Wildman–Crippen MR) is 68.3 cm³/mol. The number of ether oxygens (including phenoxy) is 2. The third kappa shape index (κ3) is 4.23. The molecule has 0 aromatic heterocycles. The predicted octanol–water partition coefficient (Wildman–Crippen LogP) is 0.800. The van der Waals surface area contributed by atoms with Crippen LogP contribution < -0.4 is 0 Å². The molecule has 1 fully saturated rings. The van der Waals surface area contributed by atoms with Gasteiger partial charge in [-0.05, 0) is 27.7 Å². The second-order valence-electron chi connectivity index (χ2n) is 6.10. The molecule has 106 valence electrons. The van der Waals surface area contributed by atoms with Gasteiger partial charge in [-0.1, -0.05) is 0 Å². The molecule has 0 saturated carbocycles. The van der Waals surface area contributed by atoms with Crippen LogP contribution in [0.1, 0.15) is 34.1 Å². The van der Waals surface area contributed by atoms with E-state index in [-0.39, 0.29) is 18.6 Å². The third-order valence-electron chi connectivity index (χ3n) is 3.17. The third-order valence-corrected chi connectivity index (χ3v) is 3.17. The monoisotopic (exact) mass is 259 g/mol. The minimum absolute atomic E-state index is 0.0386. The number of hydrogen-bond acceptors (Lipinski definition) is 4. The van der Waals surface area contributed by atoms with E-state index in [0.29, 0.717) is 19.5 Å². The zero-order chi connectivity index (χ0) is 14.0. The van der Waals surface area contributed by atoms with Gasteiger partial charge < -0.3 is 19.5 Å². The maximum absolute atomic E-state index is 12.2. The van der Waals surface area contributed by atoms with Gasteiger partial charge in [0.2, 0.25) is 5.91 Å². The fourth-order valence-electron chi connectivity index (χ4n) is 2.13. The molecule has 1 N–H and O–H groups in total. The standard InChI is InChI=1S/C13H25NO4/c1-12(2,17-5)6-11(16)14-7-10(8-15)18-13(3,4)9-14/h10,15H,6-9H2,1-5H3. The minimum Gasteiger partial charge on any atom is -0.394 e. The molecule has 1 unspecified atom stereocenters. The second kappa shape index (κ2) is 5.55. The molecular formula is C13H25NO4. The number of aliphatic hydroxyl groups excluding tert-OH is 1. The Kier molecular flexibility index (Phi) is 4.75. The number of hydrogen-bond donors (Lipinski definition) is 1. The number of rotatable bonds is 4. The molecule has 1 saturated heterocycles. The van der Waals surface area contributed by atoms with Crippen molar-refractivity contribution in [3.05, 3.63) is 0 Å². The average Bonchev–Trinajstić information content (AvgIpc) is 2.26. The number of methoxy groups -OCH3 is 1. The van der Waals surface area contributed by atoms with Crippen LogP contribution in [0, 0.1) is 0 Å². The van der Waals surface area contributed by atoms with Gasteiger partial charge >= 0.3 is 0 Å². The molecule has 0 radical (unpaired) electrons. The van der Waals surface area contributed by atoms with Gasteiger partial charge in [-0.15, -0.1) is 0 Å². The van der Waals surface area contributed by atoms with Crippen LogP contribution in [-0.4, -0.2) is 60.0 Å². The van der Waals surface area contributed by atoms with Crippen molar-refractivity contribution in [1.82, 2.24) is 4.90 Å². The highest BCUT2D eigenvalue weighted by molar-refractivity contribution is 5.77. The molecule has 5 heteroatoms. The molecule has 1 heterocycles. The van der Waals surface area contributed by atoms with Gasteiger partial charge in [0, 0.05) is 20.2 Å². The van der Waals surface area contributed by atoms with E-state index in [0.717, 1.165) is 0 Å². The lowest BCUT2D eigenvalue weighted by atomic mass is 10.0. The van der Waals surface area contributed by atoms with Crippen LogP contribution in [0.4, 0.5) is 0 Å². The first-order valence-corrected chi connectivity index (χ1v) is 6.31. The van der Waals surface area contributed by atoms with Gasteiger partial charge in [-0.2, -0.15) is 0 Å². The Balaban J connectivity index is 2.67. The molecule has 1 amide bonds. The summed E-state index contributed by atoms with van der Waals surface area (Å²) < 4.78 is 11.0. The molecule has 0 aromatic rings. The van der Waals surface area contributed by atoms with Crippen molar-refractivity contribution in [3.63, 3.8) is 0 Å². The Labute approximate surface area is 109 Å². The van der Waals surface area contributed by atoms with Crippen molar-refractivity contribution in [2.24, 2.45) is 0 Å². The smallest absolute Gasteiger partial charge is 0.225 e. The molecule has 18 heavy (non-hydrogen) atoms. The first-order chi connectivity index (χ1) is 8.19. The summed E-state index contributed by atoms with van der Waals surface area (Å²) in [4.78, 5) is 14.0. The highest BCUT2D eigenvalue weighted by Gasteiger charge is 2.36. The van der Waals surface area contributed by atoms with Gasteiger partial charge in [-0.25, -0.2) is 0 Å². The number of carbonyl (C=O) groups excluding carboxylic acids is 1. The van der Waals surface area contributed by atoms with Gasteiger partial charge in [0.15, 0.2) is 0 Å². The van der Waals surface area contributed by atoms with Gasteiger partial charge in [0.1, 0.15) is 0 Å². The summed E-state index contributed by atoms with van der Waals surface area (Å²) >= 11 is 0. The molecule has 0 aromatic carbocycles. The summed E-state index contributed by atoms with van der Waals surface area (Å²) in [5.74, 6) is 0.0386. The molecule has 1 rings (SSSR count). The van der Waals surface area contributed by atoms with Crippen LogP contribution in [0.25, 0.3) is 0 Å². The Hall–Kier alpha value is -0.650. The summed E-state index contributed by atoms with van der Waals surface area (Å²) in [6.07, 6.45) is 0.0286. The maximum atomic E-state index is 12.2. The minimum atomic E-state index is -0.464. The SMILES string of the molecule is COC(C)(C)CC(=O)N1CC(CO)OC(C)(C)C1. The molecular weight excluding hydrogens is 234 g/mol. The molecule has 5 nitrogen and oxygen atoms in total. The first-order valence-electron chi connectivity index (χ1n) is 6.31. The number of carbonyl (C=O) groups is 1. The Morgan fingerprint density at radius 1 is 1.56 bits per heavy atom. The van der Waals surface area contributed by atoms with Crippen molar-refractivity contribution in [3.8, 4) is 0 Å². The Bertz CT molecular complexity index is 301. The number of nitrogens with zero attached hydrogens (tertiary/aromatic N) is 1. The average molecular weight is 259 g/mol. The van der Waals surface area contributed by atoms with E-state index >= 15 is 0 Å². The van der Waals surface area contributed by atoms with Crippen LogP contribution in [0.2, 0.25) is 0 Å². The second-order valence-corrected chi connectivity index (χ2v) is 6.10. The molecule has 0 bridgehead atoms. The zero-order valence-corrected chi connectivity index (χ0v) is 12.0. The van der Waals surface area contributed by atoms with E-state index in [1.54, 1.807) is 12.0 Å². The lowest BCUT2D eigenvalue weighted by molar-refractivity contribution is -0.170. The fourth-order valence-corrected chi connectivity index (χ4v) is 2.13. The van der Waals surface area contributed by atoms with E-state index in [9.17, 15) is 9.90 Å². The van der Waals surface area contributed by atoms with E-state index in [2.05, 4.69) is 0 Å². The van der Waals surface area contributed by atoms with Gasteiger partial charge in [0.25, 0.3) is 0 Å². The summed E-state index contributed by atoms with van der Waals surface area (Å²) in [6, 6.07) is 0. The van der Waals surface area contributed by atoms with Crippen molar-refractivity contribution in [2.75, 3.05) is 26.8 Å². The maximum Gasteiger partial charge on any atom is 0.225 e. The summed E-state index contributed by atoms with van der Waals surface area (Å²) in [7, 11) is 1.60. The highest BCUT2D eigenvalue weighted by atomic mass is 16.5. The van der Waals surface area contributed by atoms with Gasteiger partial charge in [0.05, 0.1) is 30.3 Å². The topological polar surface area (TPSA) is 59.0 Å². The van der Waals surface area contributed by atoms with Crippen molar-refractivity contribution < 1.29 is 19.4 Å². The Morgan fingerprint density at radius 3 is 2.67 bits per heavy atom. The van der Waals surface area contributed by atoms with E-state index in [1.807, 2.05) is 27.7 Å². The largest absolute Gasteiger partial charge is 0.394 e. The molecule has 0 aliphatic carbocycles. The lowest BCUT2D eigenvalue weighted by Gasteiger charge is -2.43. The number of amides is 1. The molecule has 0 spiro atoms. The van der Waals surface area contributed by atoms with Gasteiger partial charge in [-0.3, -0.25) is 4.79 Å². The summed E-state index contributed by atoms with van der Waals surface area (Å²) in [5, 5.41) is 9.21. The van der Waals surface area contributed by atoms with E-state index in [1.165, 1.54) is 0 Å². The van der Waals surface area contributed by atoms with Crippen LogP contribution in [0.3, 0.4) is 0 Å². The summed E-state index contributed by atoms with van der Waals surface area (Å²) in [6.45, 7) is 8.55. The van der Waals surface area contributed by atoms with Crippen LogP contribution >= 0.6 is 0 Å². The van der Waals surface area contributed by atoms with E-state index < -0.39 is 11.2 Å². The quantitative estimate of drug-likeness (QED) is 0.811. The fraction of sp³-hybridized carbons (Fsp3) is 0.923. The number of morpholine rings is 1. The first kappa shape index (κ1) is 15.4. The van der Waals surface area contributed by atoms with Crippen molar-refractivity contribution >= 4 is 5.91 Å². The van der Waals surface area contributed by atoms with Crippen LogP contribution in [0.15, 0.2) is 0 Å². The van der Waals surface area contributed by atoms with E-state index in [4.69, 9.17) is 9.47 Å². The molecule has 1 aliphatic rings. The molecule has 1 atom stereocenters. The van der Waals surface area contributed by atoms with Crippen molar-refractivity contribution in [2.45, 2.75) is 51.4 Å². The zero-order valence-electron chi connectivity index (χ0n) is 12.0. The van der Waals surface area contributed by atoms with Crippen molar-refractivity contribution in [1.29, 1.82) is 0 Å². The van der Waals surface area contributed by atoms with Crippen LogP contribution in [0.5, 0.6) is 0 Å². The molecule has 1 aliphatic heterocycles. The van der Waals surface area contributed by atoms with Crippen LogP contribution in [-0.2, 0) is 14.3 Å².